The lowest BCUT2D eigenvalue weighted by molar-refractivity contribution is -0.176. The molecule has 0 bridgehead atoms. The predicted octanol–water partition coefficient (Wildman–Crippen LogP) is 2.87. The van der Waals surface area contributed by atoms with Crippen molar-refractivity contribution in [1.29, 1.82) is 0 Å². The molecule has 1 rings (SSSR count). The van der Waals surface area contributed by atoms with Crippen LogP contribution in [0.15, 0.2) is 24.3 Å². The third-order valence-electron chi connectivity index (χ3n) is 2.28. The van der Waals surface area contributed by atoms with E-state index in [-0.39, 0.29) is 6.61 Å². The Bertz CT molecular complexity index is 495. The Labute approximate surface area is 113 Å². The fraction of sp³-hybridized carbons (Fsp3) is 0.308. The second-order valence-corrected chi connectivity index (χ2v) is 3.84. The third-order valence-corrected chi connectivity index (χ3v) is 2.28. The first-order valence-electron chi connectivity index (χ1n) is 5.54. The highest BCUT2D eigenvalue weighted by atomic mass is 19.4. The molecule has 0 unspecified atom stereocenters. The molecular formula is C13H13F3O4. The minimum Gasteiger partial charge on any atom is -0.497 e. The molecule has 0 aliphatic heterocycles. The quantitative estimate of drug-likeness (QED) is 0.818. The van der Waals surface area contributed by atoms with E-state index in [1.54, 1.807) is 12.1 Å². The number of carboxylic acids is 1. The van der Waals surface area contributed by atoms with Crippen molar-refractivity contribution in [2.24, 2.45) is 0 Å². The molecule has 0 radical (unpaired) electrons. The Kier molecular flexibility index (Phi) is 5.57. The van der Waals surface area contributed by atoms with Crippen LogP contribution in [0.3, 0.4) is 0 Å². The van der Waals surface area contributed by atoms with Crippen LogP contribution < -0.4 is 4.74 Å². The highest BCUT2D eigenvalue weighted by Gasteiger charge is 2.27. The van der Waals surface area contributed by atoms with Gasteiger partial charge in [-0.1, -0.05) is 6.07 Å². The largest absolute Gasteiger partial charge is 0.497 e. The molecule has 20 heavy (non-hydrogen) atoms. The molecule has 7 heteroatoms. The van der Waals surface area contributed by atoms with Crippen molar-refractivity contribution < 1.29 is 32.5 Å². The van der Waals surface area contributed by atoms with Crippen LogP contribution in [0, 0.1) is 0 Å². The first-order chi connectivity index (χ1) is 9.31. The van der Waals surface area contributed by atoms with Crippen LogP contribution in [-0.4, -0.2) is 31.0 Å². The summed E-state index contributed by atoms with van der Waals surface area (Å²) in [5.74, 6) is -0.703. The van der Waals surface area contributed by atoms with E-state index < -0.39 is 18.8 Å². The first-order valence-corrected chi connectivity index (χ1v) is 5.54. The number of methoxy groups -OCH3 is 1. The number of hydrogen-bond acceptors (Lipinski definition) is 3. The Balaban J connectivity index is 2.86. The molecule has 110 valence electrons. The summed E-state index contributed by atoms with van der Waals surface area (Å²) in [6, 6.07) is 4.62. The van der Waals surface area contributed by atoms with E-state index in [1.807, 2.05) is 0 Å². The van der Waals surface area contributed by atoms with Crippen molar-refractivity contribution in [2.75, 3.05) is 13.7 Å². The molecule has 0 fully saturated rings. The van der Waals surface area contributed by atoms with Gasteiger partial charge >= 0.3 is 12.1 Å². The Morgan fingerprint density at radius 2 is 2.10 bits per heavy atom. The number of alkyl halides is 3. The average Bonchev–Trinajstić information content (AvgIpc) is 2.35. The average molecular weight is 290 g/mol. The summed E-state index contributed by atoms with van der Waals surface area (Å²) < 4.78 is 45.6. The van der Waals surface area contributed by atoms with E-state index >= 15 is 0 Å². The van der Waals surface area contributed by atoms with Crippen LogP contribution >= 0.6 is 0 Å². The maximum atomic E-state index is 12.0. The van der Waals surface area contributed by atoms with E-state index in [9.17, 15) is 18.0 Å². The predicted molar refractivity (Wildman–Crippen MR) is 65.4 cm³/mol. The second kappa shape index (κ2) is 6.95. The molecule has 1 aromatic carbocycles. The van der Waals surface area contributed by atoms with Crippen LogP contribution in [0.25, 0.3) is 6.08 Å². The van der Waals surface area contributed by atoms with Crippen molar-refractivity contribution in [3.63, 3.8) is 0 Å². The van der Waals surface area contributed by atoms with Crippen molar-refractivity contribution >= 4 is 12.0 Å². The molecule has 0 saturated carbocycles. The summed E-state index contributed by atoms with van der Waals surface area (Å²) in [6.45, 7) is -1.66. The lowest BCUT2D eigenvalue weighted by atomic mass is 10.1. The Morgan fingerprint density at radius 3 is 2.65 bits per heavy atom. The second-order valence-electron chi connectivity index (χ2n) is 3.84. The normalized spacial score (nSPS) is 11.8. The molecular weight excluding hydrogens is 277 g/mol. The molecule has 0 aliphatic carbocycles. The van der Waals surface area contributed by atoms with E-state index in [0.717, 1.165) is 6.08 Å². The smallest absolute Gasteiger partial charge is 0.411 e. The summed E-state index contributed by atoms with van der Waals surface area (Å²) in [4.78, 5) is 10.5. The minimum atomic E-state index is -4.41. The number of rotatable bonds is 6. The molecule has 0 spiro atoms. The maximum Gasteiger partial charge on any atom is 0.411 e. The van der Waals surface area contributed by atoms with Crippen molar-refractivity contribution in [3.05, 3.63) is 35.4 Å². The van der Waals surface area contributed by atoms with Crippen LogP contribution in [-0.2, 0) is 16.1 Å². The Hall–Kier alpha value is -2.02. The van der Waals surface area contributed by atoms with Gasteiger partial charge in [0.1, 0.15) is 12.4 Å². The summed E-state index contributed by atoms with van der Waals surface area (Å²) in [7, 11) is 1.42. The molecule has 1 aromatic rings. The topological polar surface area (TPSA) is 55.8 Å². The third kappa shape index (κ3) is 5.75. The molecule has 0 aliphatic rings. The van der Waals surface area contributed by atoms with Gasteiger partial charge in [0.05, 0.1) is 13.7 Å². The molecule has 4 nitrogen and oxygen atoms in total. The number of carbonyl (C=O) groups is 1. The number of hydrogen-bond donors (Lipinski definition) is 1. The zero-order valence-electron chi connectivity index (χ0n) is 10.6. The monoisotopic (exact) mass is 290 g/mol. The number of carboxylic acid groups (broad SMARTS) is 1. The van der Waals surface area contributed by atoms with E-state index in [0.29, 0.717) is 16.9 Å². The molecule has 0 heterocycles. The van der Waals surface area contributed by atoms with Gasteiger partial charge in [0.15, 0.2) is 0 Å². The lowest BCUT2D eigenvalue weighted by Gasteiger charge is -2.11. The zero-order chi connectivity index (χ0) is 15.2. The SMILES string of the molecule is COc1ccc(C=CC(=O)O)c(COCC(F)(F)F)c1. The number of halogens is 3. The Morgan fingerprint density at radius 1 is 1.40 bits per heavy atom. The van der Waals surface area contributed by atoms with Gasteiger partial charge in [0.25, 0.3) is 0 Å². The standard InChI is InChI=1S/C13H13F3O4/c1-19-11-4-2-9(3-5-12(17)18)10(6-11)7-20-8-13(14,15)16/h2-6H,7-8H2,1H3,(H,17,18). The number of ether oxygens (including phenoxy) is 2. The van der Waals surface area contributed by atoms with Crippen LogP contribution in [0.4, 0.5) is 13.2 Å². The zero-order valence-corrected chi connectivity index (χ0v) is 10.6. The first kappa shape index (κ1) is 16.0. The van der Waals surface area contributed by atoms with Crippen LogP contribution in [0.1, 0.15) is 11.1 Å². The van der Waals surface area contributed by atoms with Gasteiger partial charge in [0, 0.05) is 6.08 Å². The highest BCUT2D eigenvalue weighted by molar-refractivity contribution is 5.85. The maximum absolute atomic E-state index is 12.0. The van der Waals surface area contributed by atoms with Crippen molar-refractivity contribution in [1.82, 2.24) is 0 Å². The number of aliphatic carboxylic acids is 1. The van der Waals surface area contributed by atoms with Gasteiger partial charge in [-0.25, -0.2) is 4.79 Å². The summed E-state index contributed by atoms with van der Waals surface area (Å²) >= 11 is 0. The van der Waals surface area contributed by atoms with E-state index in [4.69, 9.17) is 9.84 Å². The van der Waals surface area contributed by atoms with Gasteiger partial charge in [-0.2, -0.15) is 13.2 Å². The number of benzene rings is 1. The van der Waals surface area contributed by atoms with Crippen LogP contribution in [0.5, 0.6) is 5.75 Å². The lowest BCUT2D eigenvalue weighted by Crippen LogP contribution is -2.16. The fourth-order valence-corrected chi connectivity index (χ4v) is 1.43. The van der Waals surface area contributed by atoms with Crippen molar-refractivity contribution in [3.8, 4) is 5.75 Å². The van der Waals surface area contributed by atoms with Gasteiger partial charge < -0.3 is 14.6 Å². The molecule has 1 N–H and O–H groups in total. The van der Waals surface area contributed by atoms with Gasteiger partial charge in [-0.05, 0) is 29.3 Å². The summed E-state index contributed by atoms with van der Waals surface area (Å²) in [6.07, 6.45) is -2.22. The van der Waals surface area contributed by atoms with E-state index in [2.05, 4.69) is 4.74 Å². The highest BCUT2D eigenvalue weighted by Crippen LogP contribution is 2.21. The molecule has 0 saturated heterocycles. The summed E-state index contributed by atoms with van der Waals surface area (Å²) in [5.41, 5.74) is 0.862. The molecule has 0 amide bonds. The van der Waals surface area contributed by atoms with Gasteiger partial charge in [-0.15, -0.1) is 0 Å². The summed E-state index contributed by atoms with van der Waals surface area (Å²) in [5, 5.41) is 8.56. The molecule has 0 atom stereocenters. The van der Waals surface area contributed by atoms with Gasteiger partial charge in [0.2, 0.25) is 0 Å². The van der Waals surface area contributed by atoms with E-state index in [1.165, 1.54) is 19.3 Å². The van der Waals surface area contributed by atoms with Crippen molar-refractivity contribution in [2.45, 2.75) is 12.8 Å². The minimum absolute atomic E-state index is 0.296. The van der Waals surface area contributed by atoms with Crippen LogP contribution in [0.2, 0.25) is 0 Å². The van der Waals surface area contributed by atoms with Gasteiger partial charge in [-0.3, -0.25) is 0 Å². The molecule has 0 aromatic heterocycles. The fourth-order valence-electron chi connectivity index (χ4n) is 1.43.